The van der Waals surface area contributed by atoms with Gasteiger partial charge in [0, 0.05) is 39.1 Å². The van der Waals surface area contributed by atoms with Crippen LogP contribution in [0.15, 0.2) is 10.4 Å². The van der Waals surface area contributed by atoms with Gasteiger partial charge in [-0.05, 0) is 31.8 Å². The number of aliphatic imine (C=N–C) groups is 1. The van der Waals surface area contributed by atoms with E-state index in [2.05, 4.69) is 44.7 Å². The third-order valence-electron chi connectivity index (χ3n) is 4.94. The van der Waals surface area contributed by atoms with E-state index in [9.17, 15) is 0 Å². The van der Waals surface area contributed by atoms with Crippen molar-refractivity contribution in [3.8, 4) is 0 Å². The Balaban J connectivity index is 0.00000364. The maximum absolute atomic E-state index is 4.61. The number of nitrogens with zero attached hydrogens (tertiary/aromatic N) is 4. The Kier molecular flexibility index (Phi) is 11.6. The Bertz CT molecular complexity index is 552. The summed E-state index contributed by atoms with van der Waals surface area (Å²) in [5.41, 5.74) is 1.05. The van der Waals surface area contributed by atoms with Crippen LogP contribution in [0.1, 0.15) is 45.2 Å². The maximum atomic E-state index is 4.61. The topological polar surface area (TPSA) is 55.8 Å². The molecule has 1 aromatic rings. The van der Waals surface area contributed by atoms with E-state index in [4.69, 9.17) is 0 Å². The van der Waals surface area contributed by atoms with Crippen LogP contribution in [0, 0.1) is 5.92 Å². The molecule has 1 fully saturated rings. The second-order valence-electron chi connectivity index (χ2n) is 7.58. The highest BCUT2D eigenvalue weighted by Crippen LogP contribution is 2.18. The maximum Gasteiger partial charge on any atom is 0.191 e. The summed E-state index contributed by atoms with van der Waals surface area (Å²) >= 11 is 1.67. The highest BCUT2D eigenvalue weighted by molar-refractivity contribution is 14.0. The van der Waals surface area contributed by atoms with Crippen molar-refractivity contribution in [3.63, 3.8) is 0 Å². The molecule has 1 unspecified atom stereocenters. The highest BCUT2D eigenvalue weighted by Gasteiger charge is 2.22. The van der Waals surface area contributed by atoms with Crippen molar-refractivity contribution in [2.75, 3.05) is 45.7 Å². The number of likely N-dealkylation sites (tertiary alicyclic amines) is 1. The van der Waals surface area contributed by atoms with Gasteiger partial charge in [0.2, 0.25) is 0 Å². The second kappa shape index (κ2) is 12.8. The SMILES string of the molecule is CN=C(NCc1csc(N(C)C)n1)NCC(C(C)C)N1CCCCCC1.I. The number of nitrogens with one attached hydrogen (secondary N) is 2. The van der Waals surface area contributed by atoms with Crippen LogP contribution < -0.4 is 15.5 Å². The van der Waals surface area contributed by atoms with E-state index in [1.165, 1.54) is 38.8 Å². The lowest BCUT2D eigenvalue weighted by Gasteiger charge is -2.34. The second-order valence-corrected chi connectivity index (χ2v) is 8.42. The first-order valence-corrected chi connectivity index (χ1v) is 10.7. The molecule has 0 aromatic carbocycles. The van der Waals surface area contributed by atoms with E-state index < -0.39 is 0 Å². The average Bonchev–Trinajstić information content (AvgIpc) is 2.93. The predicted molar refractivity (Wildman–Crippen MR) is 129 cm³/mol. The van der Waals surface area contributed by atoms with Crippen LogP contribution in [0.25, 0.3) is 0 Å². The van der Waals surface area contributed by atoms with Gasteiger partial charge in [0.25, 0.3) is 0 Å². The molecule has 0 aliphatic carbocycles. The van der Waals surface area contributed by atoms with Crippen LogP contribution in [0.5, 0.6) is 0 Å². The fraction of sp³-hybridized carbons (Fsp3) is 0.789. The molecule has 2 heterocycles. The molecule has 156 valence electrons. The largest absolute Gasteiger partial charge is 0.355 e. The molecule has 0 spiro atoms. The molecule has 1 aliphatic heterocycles. The Morgan fingerprint density at radius 2 is 1.89 bits per heavy atom. The number of guanidine groups is 1. The predicted octanol–water partition coefficient (Wildman–Crippen LogP) is 3.39. The van der Waals surface area contributed by atoms with Crippen LogP contribution in [0.3, 0.4) is 0 Å². The Labute approximate surface area is 186 Å². The lowest BCUT2D eigenvalue weighted by Crippen LogP contribution is -2.49. The summed E-state index contributed by atoms with van der Waals surface area (Å²) in [6.07, 6.45) is 5.41. The molecule has 1 aromatic heterocycles. The third kappa shape index (κ3) is 8.11. The van der Waals surface area contributed by atoms with E-state index in [0.717, 1.165) is 23.3 Å². The van der Waals surface area contributed by atoms with Crippen LogP contribution in [-0.4, -0.2) is 62.7 Å². The zero-order valence-electron chi connectivity index (χ0n) is 17.5. The molecule has 0 amide bonds. The third-order valence-corrected chi connectivity index (χ3v) is 6.00. The molecule has 2 N–H and O–H groups in total. The summed E-state index contributed by atoms with van der Waals surface area (Å²) in [6.45, 7) is 8.72. The van der Waals surface area contributed by atoms with Crippen LogP contribution in [0.2, 0.25) is 0 Å². The molecular formula is C19H37IN6S. The molecule has 0 bridgehead atoms. The smallest absolute Gasteiger partial charge is 0.191 e. The van der Waals surface area contributed by atoms with Gasteiger partial charge in [-0.25, -0.2) is 4.98 Å². The van der Waals surface area contributed by atoms with Crippen LogP contribution >= 0.6 is 35.3 Å². The Morgan fingerprint density at radius 3 is 2.41 bits per heavy atom. The first-order chi connectivity index (χ1) is 12.5. The molecule has 8 heteroatoms. The molecule has 1 aliphatic rings. The minimum absolute atomic E-state index is 0. The fourth-order valence-electron chi connectivity index (χ4n) is 3.39. The average molecular weight is 509 g/mol. The summed E-state index contributed by atoms with van der Waals surface area (Å²) in [4.78, 5) is 13.7. The molecule has 1 saturated heterocycles. The molecule has 1 atom stereocenters. The summed E-state index contributed by atoms with van der Waals surface area (Å²) < 4.78 is 0. The molecule has 2 rings (SSSR count). The lowest BCUT2D eigenvalue weighted by atomic mass is 10.0. The highest BCUT2D eigenvalue weighted by atomic mass is 127. The van der Waals surface area contributed by atoms with E-state index in [1.807, 2.05) is 26.0 Å². The number of thiazole rings is 1. The Hall–Kier alpha value is -0.610. The van der Waals surface area contributed by atoms with Crippen molar-refractivity contribution in [1.82, 2.24) is 20.5 Å². The summed E-state index contributed by atoms with van der Waals surface area (Å²) in [7, 11) is 5.87. The number of hydrogen-bond acceptors (Lipinski definition) is 5. The van der Waals surface area contributed by atoms with Crippen molar-refractivity contribution in [1.29, 1.82) is 0 Å². The lowest BCUT2D eigenvalue weighted by molar-refractivity contribution is 0.161. The minimum Gasteiger partial charge on any atom is -0.355 e. The number of aromatic nitrogens is 1. The monoisotopic (exact) mass is 508 g/mol. The summed E-state index contributed by atoms with van der Waals surface area (Å²) in [5.74, 6) is 1.48. The van der Waals surface area contributed by atoms with Crippen molar-refractivity contribution < 1.29 is 0 Å². The number of halogens is 1. The standard InChI is InChI=1S/C19H36N6S.HI/c1-15(2)17(25-10-8-6-7-9-11-25)13-22-18(20-3)21-12-16-14-26-19(23-16)24(4)5;/h14-15,17H,6-13H2,1-5H3,(H2,20,21,22);1H. The van der Waals surface area contributed by atoms with E-state index in [0.29, 0.717) is 18.5 Å². The first-order valence-electron chi connectivity index (χ1n) is 9.81. The summed E-state index contributed by atoms with van der Waals surface area (Å²) in [5, 5.41) is 10.1. The van der Waals surface area contributed by atoms with Gasteiger partial charge in [-0.15, -0.1) is 35.3 Å². The quantitative estimate of drug-likeness (QED) is 0.336. The van der Waals surface area contributed by atoms with Gasteiger partial charge in [-0.2, -0.15) is 0 Å². The van der Waals surface area contributed by atoms with E-state index >= 15 is 0 Å². The molecule has 0 saturated carbocycles. The van der Waals surface area contributed by atoms with Gasteiger partial charge in [0.15, 0.2) is 11.1 Å². The van der Waals surface area contributed by atoms with Gasteiger partial charge < -0.3 is 15.5 Å². The van der Waals surface area contributed by atoms with Gasteiger partial charge in [0.1, 0.15) is 0 Å². The van der Waals surface area contributed by atoms with Crippen molar-refractivity contribution in [2.24, 2.45) is 10.9 Å². The molecule has 0 radical (unpaired) electrons. The number of anilines is 1. The van der Waals surface area contributed by atoms with Gasteiger partial charge >= 0.3 is 0 Å². The Morgan fingerprint density at radius 1 is 1.22 bits per heavy atom. The fourth-order valence-corrected chi connectivity index (χ4v) is 4.15. The molecule has 6 nitrogen and oxygen atoms in total. The zero-order chi connectivity index (χ0) is 18.9. The van der Waals surface area contributed by atoms with Crippen LogP contribution in [-0.2, 0) is 6.54 Å². The van der Waals surface area contributed by atoms with Crippen molar-refractivity contribution in [2.45, 2.75) is 52.1 Å². The molecule has 27 heavy (non-hydrogen) atoms. The van der Waals surface area contributed by atoms with Gasteiger partial charge in [0.05, 0.1) is 12.2 Å². The van der Waals surface area contributed by atoms with Crippen molar-refractivity contribution in [3.05, 3.63) is 11.1 Å². The van der Waals surface area contributed by atoms with E-state index in [1.54, 1.807) is 11.3 Å². The molecular weight excluding hydrogens is 471 g/mol. The minimum atomic E-state index is 0. The number of rotatable bonds is 7. The van der Waals surface area contributed by atoms with Crippen LogP contribution in [0.4, 0.5) is 5.13 Å². The van der Waals surface area contributed by atoms with E-state index in [-0.39, 0.29) is 24.0 Å². The normalized spacial score (nSPS) is 17.2. The number of hydrogen-bond donors (Lipinski definition) is 2. The van der Waals surface area contributed by atoms with Gasteiger partial charge in [-0.3, -0.25) is 9.89 Å². The summed E-state index contributed by atoms with van der Waals surface area (Å²) in [6, 6.07) is 0.547. The zero-order valence-corrected chi connectivity index (χ0v) is 20.6. The van der Waals surface area contributed by atoms with Gasteiger partial charge in [-0.1, -0.05) is 26.7 Å². The van der Waals surface area contributed by atoms with Crippen molar-refractivity contribution >= 4 is 46.4 Å². The first kappa shape index (κ1) is 24.4.